The molecule has 4 aromatic rings. The topological polar surface area (TPSA) is 36.4 Å². The molecule has 0 unspecified atom stereocenters. The molecule has 6 heteroatoms. The average molecular weight is 460 g/mol. The number of fused-ring (bicyclic) bond motifs is 1. The normalized spacial score (nSPS) is 14.0. The van der Waals surface area contributed by atoms with Crippen LogP contribution in [-0.2, 0) is 0 Å². The number of anilines is 1. The fourth-order valence-corrected chi connectivity index (χ4v) is 4.67. The van der Waals surface area contributed by atoms with Crippen LogP contribution in [0.2, 0.25) is 5.02 Å². The summed E-state index contributed by atoms with van der Waals surface area (Å²) in [6.45, 7) is 4.54. The first kappa shape index (κ1) is 21.4. The van der Waals surface area contributed by atoms with Crippen LogP contribution in [0.25, 0.3) is 22.2 Å². The summed E-state index contributed by atoms with van der Waals surface area (Å²) in [5.74, 6) is -0.240. The van der Waals surface area contributed by atoms with Crippen LogP contribution in [0.15, 0.2) is 72.8 Å². The summed E-state index contributed by atoms with van der Waals surface area (Å²) in [6, 6.07) is 21.8. The Morgan fingerprint density at radius 2 is 1.67 bits per heavy atom. The lowest BCUT2D eigenvalue weighted by Gasteiger charge is -2.36. The molecule has 33 heavy (non-hydrogen) atoms. The molecule has 0 bridgehead atoms. The van der Waals surface area contributed by atoms with Gasteiger partial charge in [0.25, 0.3) is 5.91 Å². The van der Waals surface area contributed by atoms with E-state index in [1.54, 1.807) is 12.1 Å². The predicted octanol–water partition coefficient (Wildman–Crippen LogP) is 5.97. The lowest BCUT2D eigenvalue weighted by Crippen LogP contribution is -2.49. The van der Waals surface area contributed by atoms with Crippen LogP contribution in [-0.4, -0.2) is 42.0 Å². The quantitative estimate of drug-likeness (QED) is 0.379. The van der Waals surface area contributed by atoms with Crippen molar-refractivity contribution in [2.75, 3.05) is 31.1 Å². The van der Waals surface area contributed by atoms with Crippen molar-refractivity contribution >= 4 is 34.1 Å². The summed E-state index contributed by atoms with van der Waals surface area (Å²) in [5, 5.41) is 1.48. The Morgan fingerprint density at radius 3 is 2.39 bits per heavy atom. The number of benzene rings is 3. The van der Waals surface area contributed by atoms with Crippen molar-refractivity contribution in [1.29, 1.82) is 0 Å². The van der Waals surface area contributed by atoms with Gasteiger partial charge >= 0.3 is 0 Å². The summed E-state index contributed by atoms with van der Waals surface area (Å²) in [5.41, 5.74) is 4.95. The molecular formula is C27H23ClFN3O. The lowest BCUT2D eigenvalue weighted by atomic mass is 9.96. The molecular weight excluding hydrogens is 437 g/mol. The van der Waals surface area contributed by atoms with Gasteiger partial charge in [-0.2, -0.15) is 0 Å². The molecule has 1 aliphatic heterocycles. The van der Waals surface area contributed by atoms with Crippen molar-refractivity contribution in [1.82, 2.24) is 9.88 Å². The number of rotatable bonds is 3. The first-order chi connectivity index (χ1) is 16.0. The number of para-hydroxylation sites is 1. The fourth-order valence-electron chi connectivity index (χ4n) is 4.48. The van der Waals surface area contributed by atoms with Crippen LogP contribution in [0, 0.1) is 12.7 Å². The third kappa shape index (κ3) is 4.16. The number of pyridine rings is 1. The van der Waals surface area contributed by atoms with Gasteiger partial charge in [0.1, 0.15) is 5.82 Å². The highest BCUT2D eigenvalue weighted by atomic mass is 35.5. The van der Waals surface area contributed by atoms with Gasteiger partial charge in [-0.05, 0) is 55.0 Å². The van der Waals surface area contributed by atoms with Gasteiger partial charge in [-0.15, -0.1) is 0 Å². The first-order valence-corrected chi connectivity index (χ1v) is 11.3. The molecule has 0 N–H and O–H groups in total. The van der Waals surface area contributed by atoms with Gasteiger partial charge in [0, 0.05) is 47.8 Å². The number of amides is 1. The van der Waals surface area contributed by atoms with Crippen LogP contribution in [0.3, 0.4) is 0 Å². The van der Waals surface area contributed by atoms with E-state index in [2.05, 4.69) is 4.90 Å². The minimum Gasteiger partial charge on any atom is -0.368 e. The molecule has 0 saturated carbocycles. The second-order valence-corrected chi connectivity index (χ2v) is 8.68. The van der Waals surface area contributed by atoms with Crippen molar-refractivity contribution in [2.45, 2.75) is 6.92 Å². The zero-order valence-electron chi connectivity index (χ0n) is 18.3. The van der Waals surface area contributed by atoms with Crippen molar-refractivity contribution in [3.05, 3.63) is 94.8 Å². The molecule has 3 aromatic carbocycles. The molecule has 1 saturated heterocycles. The first-order valence-electron chi connectivity index (χ1n) is 11.0. The Bertz CT molecular complexity index is 1330. The van der Waals surface area contributed by atoms with Crippen molar-refractivity contribution < 1.29 is 9.18 Å². The summed E-state index contributed by atoms with van der Waals surface area (Å²) < 4.78 is 13.3. The highest BCUT2D eigenvalue weighted by Crippen LogP contribution is 2.32. The fraction of sp³-hybridized carbons (Fsp3) is 0.185. The molecule has 1 fully saturated rings. The summed E-state index contributed by atoms with van der Waals surface area (Å²) in [4.78, 5) is 22.7. The molecule has 1 aliphatic rings. The Kier molecular flexibility index (Phi) is 5.73. The Balaban J connectivity index is 1.48. The van der Waals surface area contributed by atoms with Crippen LogP contribution in [0.5, 0.6) is 0 Å². The molecule has 0 atom stereocenters. The van der Waals surface area contributed by atoms with E-state index in [0.717, 1.165) is 33.4 Å². The Labute approximate surface area is 197 Å². The number of piperazine rings is 1. The average Bonchev–Trinajstić information content (AvgIpc) is 2.84. The van der Waals surface area contributed by atoms with E-state index in [4.69, 9.17) is 16.6 Å². The third-order valence-corrected chi connectivity index (χ3v) is 6.44. The van der Waals surface area contributed by atoms with Gasteiger partial charge in [0.05, 0.1) is 16.8 Å². The smallest absolute Gasteiger partial charge is 0.255 e. The second-order valence-electron chi connectivity index (χ2n) is 8.24. The standard InChI is InChI=1S/C27H23ClFN3O/c1-18-25(27(33)32-15-13-31(14-16-32)22-11-9-21(29)10-12-22)23-7-2-3-8-24(23)30-26(18)19-5-4-6-20(28)17-19/h2-12,17H,13-16H2,1H3. The molecule has 0 spiro atoms. The van der Waals surface area contributed by atoms with Gasteiger partial charge < -0.3 is 9.80 Å². The minimum absolute atomic E-state index is 0.00753. The molecule has 2 heterocycles. The number of hydrogen-bond acceptors (Lipinski definition) is 3. The van der Waals surface area contributed by atoms with Crippen LogP contribution in [0.1, 0.15) is 15.9 Å². The molecule has 1 aromatic heterocycles. The van der Waals surface area contributed by atoms with Crippen molar-refractivity contribution in [3.63, 3.8) is 0 Å². The number of nitrogens with zero attached hydrogens (tertiary/aromatic N) is 3. The SMILES string of the molecule is Cc1c(-c2cccc(Cl)c2)nc2ccccc2c1C(=O)N1CCN(c2ccc(F)cc2)CC1. The number of carbonyl (C=O) groups excluding carboxylic acids is 1. The highest BCUT2D eigenvalue weighted by molar-refractivity contribution is 6.30. The van der Waals surface area contributed by atoms with E-state index in [9.17, 15) is 9.18 Å². The molecule has 4 nitrogen and oxygen atoms in total. The zero-order chi connectivity index (χ0) is 22.9. The Morgan fingerprint density at radius 1 is 0.939 bits per heavy atom. The predicted molar refractivity (Wildman–Crippen MR) is 131 cm³/mol. The molecule has 5 rings (SSSR count). The van der Waals surface area contributed by atoms with Gasteiger partial charge in [-0.3, -0.25) is 4.79 Å². The molecule has 1 amide bonds. The van der Waals surface area contributed by atoms with Gasteiger partial charge in [0.2, 0.25) is 0 Å². The highest BCUT2D eigenvalue weighted by Gasteiger charge is 2.26. The third-order valence-electron chi connectivity index (χ3n) is 6.21. The maximum atomic E-state index is 13.8. The monoisotopic (exact) mass is 459 g/mol. The molecule has 0 aliphatic carbocycles. The van der Waals surface area contributed by atoms with Crippen LogP contribution < -0.4 is 4.90 Å². The number of aromatic nitrogens is 1. The van der Waals surface area contributed by atoms with E-state index in [0.29, 0.717) is 36.8 Å². The summed E-state index contributed by atoms with van der Waals surface area (Å²) in [7, 11) is 0. The second kappa shape index (κ2) is 8.83. The molecule has 166 valence electrons. The zero-order valence-corrected chi connectivity index (χ0v) is 19.0. The van der Waals surface area contributed by atoms with Gasteiger partial charge in [-0.1, -0.05) is 41.9 Å². The van der Waals surface area contributed by atoms with E-state index in [1.807, 2.05) is 60.4 Å². The summed E-state index contributed by atoms with van der Waals surface area (Å²) in [6.07, 6.45) is 0. The van der Waals surface area contributed by atoms with Crippen molar-refractivity contribution in [3.8, 4) is 11.3 Å². The number of carbonyl (C=O) groups is 1. The van der Waals surface area contributed by atoms with Crippen LogP contribution in [0.4, 0.5) is 10.1 Å². The van der Waals surface area contributed by atoms with E-state index in [1.165, 1.54) is 12.1 Å². The largest absolute Gasteiger partial charge is 0.368 e. The number of hydrogen-bond donors (Lipinski definition) is 0. The maximum Gasteiger partial charge on any atom is 0.255 e. The van der Waals surface area contributed by atoms with E-state index in [-0.39, 0.29) is 11.7 Å². The van der Waals surface area contributed by atoms with Crippen molar-refractivity contribution in [2.24, 2.45) is 0 Å². The molecule has 0 radical (unpaired) electrons. The van der Waals surface area contributed by atoms with Crippen LogP contribution >= 0.6 is 11.6 Å². The summed E-state index contributed by atoms with van der Waals surface area (Å²) >= 11 is 6.23. The van der Waals surface area contributed by atoms with E-state index < -0.39 is 0 Å². The van der Waals surface area contributed by atoms with E-state index >= 15 is 0 Å². The van der Waals surface area contributed by atoms with Gasteiger partial charge in [-0.25, -0.2) is 9.37 Å². The maximum absolute atomic E-state index is 13.8. The van der Waals surface area contributed by atoms with Gasteiger partial charge in [0.15, 0.2) is 0 Å². The lowest BCUT2D eigenvalue weighted by molar-refractivity contribution is 0.0748. The number of halogens is 2. The minimum atomic E-state index is -0.247. The Hall–Kier alpha value is -3.44.